The summed E-state index contributed by atoms with van der Waals surface area (Å²) < 4.78 is 15.1. The molecule has 0 radical (unpaired) electrons. The predicted octanol–water partition coefficient (Wildman–Crippen LogP) is 6.27. The predicted molar refractivity (Wildman–Crippen MR) is 118 cm³/mol. The zero-order chi connectivity index (χ0) is 20.4. The summed E-state index contributed by atoms with van der Waals surface area (Å²) in [5.41, 5.74) is 4.47. The van der Waals surface area contributed by atoms with E-state index in [1.165, 1.54) is 6.07 Å². The van der Waals surface area contributed by atoms with Crippen molar-refractivity contribution < 1.29 is 4.39 Å². The van der Waals surface area contributed by atoms with Crippen molar-refractivity contribution in [2.45, 2.75) is 6.42 Å². The van der Waals surface area contributed by atoms with Gasteiger partial charge in [0.2, 0.25) is 0 Å². The maximum atomic E-state index is 13.3. The van der Waals surface area contributed by atoms with Gasteiger partial charge in [-0.3, -0.25) is 0 Å². The van der Waals surface area contributed by atoms with Gasteiger partial charge in [-0.1, -0.05) is 54.0 Å². The second-order valence-corrected chi connectivity index (χ2v) is 7.49. The number of halogens is 3. The van der Waals surface area contributed by atoms with Gasteiger partial charge in [-0.25, -0.2) is 9.07 Å². The normalized spacial score (nSPS) is 11.0. The van der Waals surface area contributed by atoms with Gasteiger partial charge in [-0.2, -0.15) is 5.10 Å². The Kier molecular flexibility index (Phi) is 5.56. The Morgan fingerprint density at radius 2 is 1.86 bits per heavy atom. The average Bonchev–Trinajstić information content (AvgIpc) is 3.14. The number of fused-ring (bicyclic) bond motifs is 1. The van der Waals surface area contributed by atoms with E-state index in [9.17, 15) is 4.39 Å². The molecule has 0 bridgehead atoms. The van der Waals surface area contributed by atoms with Crippen LogP contribution in [0.15, 0.2) is 73.4 Å². The van der Waals surface area contributed by atoms with E-state index in [-0.39, 0.29) is 5.82 Å². The molecule has 3 aromatic carbocycles. The quantitative estimate of drug-likeness (QED) is 0.394. The summed E-state index contributed by atoms with van der Waals surface area (Å²) in [4.78, 5) is 0. The highest BCUT2D eigenvalue weighted by molar-refractivity contribution is 6.42. The number of hydrogen-bond donors (Lipinski definition) is 1. The first-order valence-corrected chi connectivity index (χ1v) is 9.88. The average molecular weight is 426 g/mol. The smallest absolute Gasteiger partial charge is 0.123 e. The number of nitrogens with zero attached hydrogens (tertiary/aromatic N) is 2. The number of aromatic nitrogens is 2. The van der Waals surface area contributed by atoms with Crippen molar-refractivity contribution in [1.82, 2.24) is 15.1 Å². The minimum absolute atomic E-state index is 0.221. The minimum atomic E-state index is -0.221. The Bertz CT molecular complexity index is 1200. The molecule has 29 heavy (non-hydrogen) atoms. The molecule has 0 saturated heterocycles. The molecule has 146 valence electrons. The monoisotopic (exact) mass is 425 g/mol. The lowest BCUT2D eigenvalue weighted by Gasteiger charge is -2.11. The zero-order valence-electron chi connectivity index (χ0n) is 15.5. The Morgan fingerprint density at radius 1 is 1.03 bits per heavy atom. The van der Waals surface area contributed by atoms with E-state index in [4.69, 9.17) is 23.2 Å². The molecular formula is C23H18Cl2FN3. The molecule has 3 nitrogen and oxygen atoms in total. The number of rotatable bonds is 6. The first kappa shape index (κ1) is 19.5. The van der Waals surface area contributed by atoms with Gasteiger partial charge in [0.15, 0.2) is 0 Å². The minimum Gasteiger partial charge on any atom is -0.385 e. The molecule has 1 heterocycles. The molecule has 0 amide bonds. The maximum absolute atomic E-state index is 13.3. The third kappa shape index (κ3) is 4.14. The highest BCUT2D eigenvalue weighted by Crippen LogP contribution is 2.28. The van der Waals surface area contributed by atoms with Crippen LogP contribution in [0.2, 0.25) is 10.0 Å². The van der Waals surface area contributed by atoms with E-state index >= 15 is 0 Å². The Labute approximate surface area is 178 Å². The standard InChI is InChI=1S/C23H18Cl2FN3/c1-15(27-11-10-16-4-2-5-17(26)12-16)19-6-3-7-23-20(19)14-28-29(23)18-8-9-21(24)22(25)13-18/h2-9,12-14,27H,1,10-11H2. The third-order valence-electron chi connectivity index (χ3n) is 4.73. The fourth-order valence-electron chi connectivity index (χ4n) is 3.28. The molecule has 0 aliphatic carbocycles. The van der Waals surface area contributed by atoms with Gasteiger partial charge >= 0.3 is 0 Å². The summed E-state index contributed by atoms with van der Waals surface area (Å²) in [6.07, 6.45) is 2.52. The molecule has 6 heteroatoms. The van der Waals surface area contributed by atoms with Crippen LogP contribution in [-0.2, 0) is 6.42 Å². The van der Waals surface area contributed by atoms with Gasteiger partial charge in [0.05, 0.1) is 27.4 Å². The molecule has 1 aromatic heterocycles. The van der Waals surface area contributed by atoms with Crippen LogP contribution < -0.4 is 5.32 Å². The van der Waals surface area contributed by atoms with Crippen molar-refractivity contribution in [3.05, 3.63) is 100 Å². The van der Waals surface area contributed by atoms with Crippen LogP contribution in [0.25, 0.3) is 22.3 Å². The number of hydrogen-bond acceptors (Lipinski definition) is 2. The fraction of sp³-hybridized carbons (Fsp3) is 0.0870. The van der Waals surface area contributed by atoms with E-state index in [1.807, 2.05) is 41.2 Å². The topological polar surface area (TPSA) is 29.9 Å². The van der Waals surface area contributed by atoms with Crippen LogP contribution in [-0.4, -0.2) is 16.3 Å². The van der Waals surface area contributed by atoms with E-state index in [0.717, 1.165) is 33.4 Å². The van der Waals surface area contributed by atoms with Crippen LogP contribution in [0.1, 0.15) is 11.1 Å². The highest BCUT2D eigenvalue weighted by Gasteiger charge is 2.11. The summed E-state index contributed by atoms with van der Waals surface area (Å²) in [6, 6.07) is 18.0. The fourth-order valence-corrected chi connectivity index (χ4v) is 3.57. The molecule has 0 aliphatic rings. The molecule has 0 saturated carbocycles. The molecule has 0 unspecified atom stereocenters. The van der Waals surface area contributed by atoms with E-state index in [2.05, 4.69) is 17.0 Å². The molecule has 1 N–H and O–H groups in total. The van der Waals surface area contributed by atoms with Crippen molar-refractivity contribution in [3.8, 4) is 5.69 Å². The highest BCUT2D eigenvalue weighted by atomic mass is 35.5. The molecule has 0 aliphatic heterocycles. The van der Waals surface area contributed by atoms with Crippen LogP contribution in [0, 0.1) is 5.82 Å². The van der Waals surface area contributed by atoms with E-state index in [1.54, 1.807) is 24.3 Å². The van der Waals surface area contributed by atoms with Crippen molar-refractivity contribution in [3.63, 3.8) is 0 Å². The first-order chi connectivity index (χ1) is 14.0. The van der Waals surface area contributed by atoms with Gasteiger partial charge in [-0.05, 0) is 48.4 Å². The summed E-state index contributed by atoms with van der Waals surface area (Å²) in [5.74, 6) is -0.221. The van der Waals surface area contributed by atoms with Gasteiger partial charge in [0.1, 0.15) is 5.82 Å². The van der Waals surface area contributed by atoms with Crippen LogP contribution >= 0.6 is 23.2 Å². The molecule has 0 fully saturated rings. The first-order valence-electron chi connectivity index (χ1n) is 9.13. The lowest BCUT2D eigenvalue weighted by atomic mass is 10.1. The van der Waals surface area contributed by atoms with Crippen molar-refractivity contribution in [2.75, 3.05) is 6.54 Å². The lowest BCUT2D eigenvalue weighted by Crippen LogP contribution is -2.15. The molecule has 4 aromatic rings. The summed E-state index contributed by atoms with van der Waals surface area (Å²) >= 11 is 12.2. The maximum Gasteiger partial charge on any atom is 0.123 e. The summed E-state index contributed by atoms with van der Waals surface area (Å²) in [6.45, 7) is 4.82. The lowest BCUT2D eigenvalue weighted by molar-refractivity contribution is 0.625. The van der Waals surface area contributed by atoms with Crippen LogP contribution in [0.4, 0.5) is 4.39 Å². The number of benzene rings is 3. The van der Waals surface area contributed by atoms with E-state index in [0.29, 0.717) is 23.0 Å². The van der Waals surface area contributed by atoms with Gasteiger partial charge in [0, 0.05) is 23.2 Å². The van der Waals surface area contributed by atoms with Gasteiger partial charge in [-0.15, -0.1) is 0 Å². The zero-order valence-corrected chi connectivity index (χ0v) is 17.0. The summed E-state index contributed by atoms with van der Waals surface area (Å²) in [7, 11) is 0. The molecule has 4 rings (SSSR count). The summed E-state index contributed by atoms with van der Waals surface area (Å²) in [5, 5.41) is 9.81. The van der Waals surface area contributed by atoms with Crippen molar-refractivity contribution >= 4 is 39.8 Å². The molecular weight excluding hydrogens is 408 g/mol. The van der Waals surface area contributed by atoms with Gasteiger partial charge in [0.25, 0.3) is 0 Å². The van der Waals surface area contributed by atoms with E-state index < -0.39 is 0 Å². The Hall–Kier alpha value is -2.82. The SMILES string of the molecule is C=C(NCCc1cccc(F)c1)c1cccc2c1cnn2-c1ccc(Cl)c(Cl)c1. The second kappa shape index (κ2) is 8.27. The largest absolute Gasteiger partial charge is 0.385 e. The van der Waals surface area contributed by atoms with Crippen LogP contribution in [0.3, 0.4) is 0 Å². The Morgan fingerprint density at radius 3 is 2.66 bits per heavy atom. The number of nitrogens with one attached hydrogen (secondary N) is 1. The van der Waals surface area contributed by atoms with Crippen molar-refractivity contribution in [2.24, 2.45) is 0 Å². The Balaban J connectivity index is 1.55. The van der Waals surface area contributed by atoms with Crippen molar-refractivity contribution in [1.29, 1.82) is 0 Å². The molecule has 0 spiro atoms. The molecule has 0 atom stereocenters. The third-order valence-corrected chi connectivity index (χ3v) is 5.47. The second-order valence-electron chi connectivity index (χ2n) is 6.68. The van der Waals surface area contributed by atoms with Gasteiger partial charge < -0.3 is 5.32 Å². The van der Waals surface area contributed by atoms with Crippen LogP contribution in [0.5, 0.6) is 0 Å².